The third-order valence-corrected chi connectivity index (χ3v) is 4.95. The van der Waals surface area contributed by atoms with Crippen molar-refractivity contribution in [2.75, 3.05) is 24.7 Å². The van der Waals surface area contributed by atoms with E-state index in [1.807, 2.05) is 12.1 Å². The zero-order chi connectivity index (χ0) is 20.4. The first-order valence-electron chi connectivity index (χ1n) is 9.33. The van der Waals surface area contributed by atoms with E-state index < -0.39 is 12.1 Å². The zero-order valence-corrected chi connectivity index (χ0v) is 16.6. The molecule has 2 heterocycles. The van der Waals surface area contributed by atoms with Crippen LogP contribution < -0.4 is 19.1 Å². The minimum absolute atomic E-state index is 0.0548. The molecule has 1 atom stereocenters. The van der Waals surface area contributed by atoms with Crippen molar-refractivity contribution in [3.05, 3.63) is 47.0 Å². The Morgan fingerprint density at radius 1 is 1.21 bits per heavy atom. The van der Waals surface area contributed by atoms with Gasteiger partial charge in [0.1, 0.15) is 25.6 Å². The van der Waals surface area contributed by atoms with Gasteiger partial charge in [-0.05, 0) is 36.8 Å². The maximum Gasteiger partial charge on any atom is 0.307 e. The van der Waals surface area contributed by atoms with Crippen LogP contribution in [0.3, 0.4) is 0 Å². The summed E-state index contributed by atoms with van der Waals surface area (Å²) in [7, 11) is 0. The Morgan fingerprint density at radius 2 is 2.00 bits per heavy atom. The fraction of sp³-hybridized carbons (Fsp3) is 0.333. The third kappa shape index (κ3) is 4.10. The first kappa shape index (κ1) is 19.4. The van der Waals surface area contributed by atoms with Gasteiger partial charge in [-0.25, -0.2) is 0 Å². The number of carbonyl (C=O) groups excluding carboxylic acids is 2. The highest BCUT2D eigenvalue weighted by Crippen LogP contribution is 2.38. The molecular formula is C21H20ClNO6. The van der Waals surface area contributed by atoms with Crippen LogP contribution in [0, 0.1) is 0 Å². The van der Waals surface area contributed by atoms with Gasteiger partial charge in [0.25, 0.3) is 5.91 Å². The van der Waals surface area contributed by atoms with Crippen LogP contribution in [0.5, 0.6) is 17.2 Å². The monoisotopic (exact) mass is 417 g/mol. The van der Waals surface area contributed by atoms with E-state index in [0.717, 1.165) is 0 Å². The minimum atomic E-state index is -0.597. The van der Waals surface area contributed by atoms with Gasteiger partial charge in [0.15, 0.2) is 17.6 Å². The number of anilines is 1. The molecule has 8 heteroatoms. The molecular weight excluding hydrogens is 398 g/mol. The maximum atomic E-state index is 12.5. The maximum absolute atomic E-state index is 12.5. The molecule has 4 rings (SSSR count). The lowest BCUT2D eigenvalue weighted by molar-refractivity contribution is -0.144. The molecule has 7 nitrogen and oxygen atoms in total. The predicted octanol–water partition coefficient (Wildman–Crippen LogP) is 3.36. The second-order valence-electron chi connectivity index (χ2n) is 6.73. The summed E-state index contributed by atoms with van der Waals surface area (Å²) in [4.78, 5) is 26.3. The van der Waals surface area contributed by atoms with Gasteiger partial charge >= 0.3 is 5.97 Å². The molecule has 0 aromatic heterocycles. The van der Waals surface area contributed by atoms with Gasteiger partial charge in [0, 0.05) is 6.54 Å². The highest BCUT2D eigenvalue weighted by molar-refractivity contribution is 6.32. The molecule has 0 aliphatic carbocycles. The summed E-state index contributed by atoms with van der Waals surface area (Å²) in [5.74, 6) is 1.07. The van der Waals surface area contributed by atoms with E-state index in [4.69, 9.17) is 30.5 Å². The molecule has 0 saturated heterocycles. The summed E-state index contributed by atoms with van der Waals surface area (Å²) >= 11 is 6.20. The largest absolute Gasteiger partial charge is 0.486 e. The average Bonchev–Trinajstić information content (AvgIpc) is 2.72. The summed E-state index contributed by atoms with van der Waals surface area (Å²) in [6.45, 7) is 2.85. The zero-order valence-electron chi connectivity index (χ0n) is 15.9. The fourth-order valence-corrected chi connectivity index (χ4v) is 3.56. The summed E-state index contributed by atoms with van der Waals surface area (Å²) in [6, 6.07) is 10.7. The number of esters is 1. The number of benzene rings is 2. The summed E-state index contributed by atoms with van der Waals surface area (Å²) in [6.07, 6.45) is -0.536. The first-order valence-corrected chi connectivity index (χ1v) is 9.71. The molecule has 0 spiro atoms. The van der Waals surface area contributed by atoms with Crippen molar-refractivity contribution in [2.45, 2.75) is 26.1 Å². The van der Waals surface area contributed by atoms with Gasteiger partial charge in [-0.3, -0.25) is 9.59 Å². The van der Waals surface area contributed by atoms with E-state index in [1.165, 1.54) is 0 Å². The van der Waals surface area contributed by atoms with Crippen LogP contribution in [-0.4, -0.2) is 37.7 Å². The predicted molar refractivity (Wildman–Crippen MR) is 106 cm³/mol. The van der Waals surface area contributed by atoms with E-state index >= 15 is 0 Å². The number of amides is 1. The third-order valence-electron chi connectivity index (χ3n) is 4.67. The van der Waals surface area contributed by atoms with Crippen LogP contribution in [-0.2, 0) is 20.9 Å². The number of carbonyl (C=O) groups is 2. The average molecular weight is 418 g/mol. The number of hydrogen-bond donors (Lipinski definition) is 0. The molecule has 1 amide bonds. The second-order valence-corrected chi connectivity index (χ2v) is 7.14. The number of ether oxygens (including phenoxy) is 4. The lowest BCUT2D eigenvalue weighted by Crippen LogP contribution is -2.45. The van der Waals surface area contributed by atoms with E-state index in [9.17, 15) is 9.59 Å². The van der Waals surface area contributed by atoms with Gasteiger partial charge < -0.3 is 23.8 Å². The highest BCUT2D eigenvalue weighted by atomic mass is 35.5. The van der Waals surface area contributed by atoms with Gasteiger partial charge in [0.2, 0.25) is 0 Å². The van der Waals surface area contributed by atoms with Crippen molar-refractivity contribution in [3.8, 4) is 17.2 Å². The molecule has 0 N–H and O–H groups in total. The Bertz CT molecular complexity index is 947. The molecule has 0 fully saturated rings. The van der Waals surface area contributed by atoms with Crippen LogP contribution in [0.1, 0.15) is 18.9 Å². The lowest BCUT2D eigenvalue weighted by Gasteiger charge is -2.32. The Kier molecular flexibility index (Phi) is 5.49. The van der Waals surface area contributed by atoms with Crippen LogP contribution in [0.4, 0.5) is 5.69 Å². The fourth-order valence-electron chi connectivity index (χ4n) is 3.28. The number of para-hydroxylation sites is 2. The number of halogens is 1. The molecule has 0 radical (unpaired) electrons. The van der Waals surface area contributed by atoms with Gasteiger partial charge in [0.05, 0.1) is 17.1 Å². The molecule has 152 valence electrons. The van der Waals surface area contributed by atoms with Crippen molar-refractivity contribution in [1.29, 1.82) is 0 Å². The van der Waals surface area contributed by atoms with Crippen molar-refractivity contribution < 1.29 is 28.5 Å². The molecule has 2 aliphatic heterocycles. The van der Waals surface area contributed by atoms with Crippen LogP contribution >= 0.6 is 11.6 Å². The van der Waals surface area contributed by atoms with E-state index in [1.54, 1.807) is 36.1 Å². The number of nitrogens with zero attached hydrogens (tertiary/aromatic N) is 1. The Balaban J connectivity index is 1.36. The topological polar surface area (TPSA) is 74.3 Å². The molecule has 0 bridgehead atoms. The van der Waals surface area contributed by atoms with E-state index in [-0.39, 0.29) is 25.5 Å². The Morgan fingerprint density at radius 3 is 2.86 bits per heavy atom. The summed E-state index contributed by atoms with van der Waals surface area (Å²) in [5.41, 5.74) is 1.36. The molecule has 2 aliphatic rings. The van der Waals surface area contributed by atoms with Crippen LogP contribution in [0.25, 0.3) is 0 Å². The Labute approximate surface area is 173 Å². The van der Waals surface area contributed by atoms with E-state index in [2.05, 4.69) is 0 Å². The first-order chi connectivity index (χ1) is 14.0. The summed E-state index contributed by atoms with van der Waals surface area (Å²) < 4.78 is 22.0. The lowest BCUT2D eigenvalue weighted by atomic mass is 10.1. The Hall–Kier alpha value is -2.93. The minimum Gasteiger partial charge on any atom is -0.486 e. The van der Waals surface area contributed by atoms with Crippen LogP contribution in [0.2, 0.25) is 5.02 Å². The van der Waals surface area contributed by atoms with Gasteiger partial charge in [-0.15, -0.1) is 0 Å². The smallest absolute Gasteiger partial charge is 0.307 e. The molecule has 2 aromatic rings. The standard InChI is InChI=1S/C21H20ClNO6/c1-13-21(25)23(16-4-2-3-5-17(16)29-13)7-6-19(24)28-12-14-10-15(22)20-18(11-14)26-8-9-27-20/h2-5,10-11,13H,6-9,12H2,1H3/t13-/m0/s1. The second kappa shape index (κ2) is 8.21. The molecule has 0 unspecified atom stereocenters. The molecule has 2 aromatic carbocycles. The van der Waals surface area contributed by atoms with Crippen LogP contribution in [0.15, 0.2) is 36.4 Å². The van der Waals surface area contributed by atoms with Gasteiger partial charge in [-0.1, -0.05) is 23.7 Å². The van der Waals surface area contributed by atoms with Gasteiger partial charge in [-0.2, -0.15) is 0 Å². The summed E-state index contributed by atoms with van der Waals surface area (Å²) in [5, 5.41) is 0.415. The van der Waals surface area contributed by atoms with Crippen molar-refractivity contribution >= 4 is 29.2 Å². The van der Waals surface area contributed by atoms with E-state index in [0.29, 0.717) is 46.7 Å². The van der Waals surface area contributed by atoms with Crippen molar-refractivity contribution in [2.24, 2.45) is 0 Å². The SMILES string of the molecule is C[C@@H]1Oc2ccccc2N(CCC(=O)OCc2cc(Cl)c3c(c2)OCCO3)C1=O. The quantitative estimate of drug-likeness (QED) is 0.694. The number of rotatable bonds is 5. The normalized spacial score (nSPS) is 17.4. The number of fused-ring (bicyclic) bond motifs is 2. The molecule has 29 heavy (non-hydrogen) atoms. The highest BCUT2D eigenvalue weighted by Gasteiger charge is 2.31. The van der Waals surface area contributed by atoms with Crippen molar-refractivity contribution in [1.82, 2.24) is 0 Å². The molecule has 0 saturated carbocycles. The van der Waals surface area contributed by atoms with Crippen molar-refractivity contribution in [3.63, 3.8) is 0 Å². The number of hydrogen-bond acceptors (Lipinski definition) is 6.